The number of aliphatic hydroxyl groups excluding tert-OH is 1. The van der Waals surface area contributed by atoms with Crippen LogP contribution >= 0.6 is 0 Å². The van der Waals surface area contributed by atoms with Gasteiger partial charge in [0.15, 0.2) is 0 Å². The van der Waals surface area contributed by atoms with Crippen molar-refractivity contribution in [2.75, 3.05) is 7.11 Å². The molecule has 1 atom stereocenters. The van der Waals surface area contributed by atoms with Gasteiger partial charge in [-0.25, -0.2) is 0 Å². The Morgan fingerprint density at radius 1 is 1.75 bits per heavy atom. The summed E-state index contributed by atoms with van der Waals surface area (Å²) in [5.74, 6) is -0.341. The average molecular weight is 173 g/mol. The maximum absolute atomic E-state index is 10.9. The average Bonchev–Trinajstić information content (AvgIpc) is 1.96. The summed E-state index contributed by atoms with van der Waals surface area (Å²) in [5.41, 5.74) is 5.20. The van der Waals surface area contributed by atoms with Crippen molar-refractivity contribution in [1.82, 2.24) is 0 Å². The second kappa shape index (κ2) is 3.03. The zero-order valence-electron chi connectivity index (χ0n) is 7.41. The van der Waals surface area contributed by atoms with Crippen molar-refractivity contribution in [3.8, 4) is 0 Å². The van der Waals surface area contributed by atoms with Gasteiger partial charge in [0.2, 0.25) is 0 Å². The molecule has 3 N–H and O–H groups in total. The van der Waals surface area contributed by atoms with Gasteiger partial charge in [-0.2, -0.15) is 0 Å². The largest absolute Gasteiger partial charge is 0.469 e. The molecule has 1 aliphatic rings. The number of nitrogens with two attached hydrogens (primary N) is 1. The summed E-state index contributed by atoms with van der Waals surface area (Å²) in [5, 5.41) is 9.23. The van der Waals surface area contributed by atoms with Gasteiger partial charge in [0.1, 0.15) is 0 Å². The van der Waals surface area contributed by atoms with Crippen molar-refractivity contribution < 1.29 is 14.6 Å². The Morgan fingerprint density at radius 3 is 2.58 bits per heavy atom. The van der Waals surface area contributed by atoms with Gasteiger partial charge in [0.25, 0.3) is 0 Å². The van der Waals surface area contributed by atoms with E-state index in [1.54, 1.807) is 6.92 Å². The Labute approximate surface area is 71.7 Å². The van der Waals surface area contributed by atoms with Crippen molar-refractivity contribution in [2.24, 2.45) is 11.7 Å². The number of carbonyl (C=O) groups is 1. The van der Waals surface area contributed by atoms with Gasteiger partial charge in [0, 0.05) is 5.54 Å². The van der Waals surface area contributed by atoms with Crippen LogP contribution in [0.15, 0.2) is 0 Å². The normalized spacial score (nSPS) is 36.8. The Bertz CT molecular complexity index is 185. The van der Waals surface area contributed by atoms with E-state index in [2.05, 4.69) is 4.74 Å². The molecule has 70 valence electrons. The van der Waals surface area contributed by atoms with Crippen molar-refractivity contribution in [1.29, 1.82) is 0 Å². The molecule has 1 aliphatic carbocycles. The van der Waals surface area contributed by atoms with Gasteiger partial charge in [-0.1, -0.05) is 0 Å². The van der Waals surface area contributed by atoms with Gasteiger partial charge < -0.3 is 15.6 Å². The Balaban J connectivity index is 2.41. The lowest BCUT2D eigenvalue weighted by molar-refractivity contribution is -0.153. The molecule has 0 aromatic heterocycles. The van der Waals surface area contributed by atoms with Crippen molar-refractivity contribution in [3.05, 3.63) is 0 Å². The Hall–Kier alpha value is -0.610. The van der Waals surface area contributed by atoms with Crippen LogP contribution in [-0.2, 0) is 9.53 Å². The molecule has 12 heavy (non-hydrogen) atoms. The monoisotopic (exact) mass is 173 g/mol. The molecule has 0 heterocycles. The van der Waals surface area contributed by atoms with E-state index in [0.717, 1.165) is 0 Å². The van der Waals surface area contributed by atoms with E-state index < -0.39 is 11.6 Å². The lowest BCUT2D eigenvalue weighted by Gasteiger charge is -2.45. The van der Waals surface area contributed by atoms with E-state index in [0.29, 0.717) is 12.8 Å². The summed E-state index contributed by atoms with van der Waals surface area (Å²) in [6, 6.07) is 0. The standard InChI is InChI=1S/C8H15NO3/c1-5(10)8(9)3-6(4-8)7(11)12-2/h5-6,10H,3-4,9H2,1-2H3. The van der Waals surface area contributed by atoms with E-state index in [1.807, 2.05) is 0 Å². The van der Waals surface area contributed by atoms with Crippen LogP contribution in [0.2, 0.25) is 0 Å². The molecule has 0 aromatic rings. The first-order valence-corrected chi connectivity index (χ1v) is 4.04. The number of hydrogen-bond donors (Lipinski definition) is 2. The highest BCUT2D eigenvalue weighted by molar-refractivity contribution is 5.74. The van der Waals surface area contributed by atoms with Crippen LogP contribution in [0.4, 0.5) is 0 Å². The molecular formula is C8H15NO3. The van der Waals surface area contributed by atoms with Gasteiger partial charge in [-0.15, -0.1) is 0 Å². The number of hydrogen-bond acceptors (Lipinski definition) is 4. The fourth-order valence-corrected chi connectivity index (χ4v) is 1.53. The number of esters is 1. The molecule has 0 amide bonds. The van der Waals surface area contributed by atoms with E-state index in [1.165, 1.54) is 7.11 Å². The minimum Gasteiger partial charge on any atom is -0.469 e. The van der Waals surface area contributed by atoms with Crippen LogP contribution in [0.5, 0.6) is 0 Å². The van der Waals surface area contributed by atoms with E-state index in [-0.39, 0.29) is 11.9 Å². The maximum Gasteiger partial charge on any atom is 0.308 e. The molecular weight excluding hydrogens is 158 g/mol. The third kappa shape index (κ3) is 1.44. The molecule has 4 heteroatoms. The molecule has 0 radical (unpaired) electrons. The molecule has 4 nitrogen and oxygen atoms in total. The Morgan fingerprint density at radius 2 is 2.25 bits per heavy atom. The fourth-order valence-electron chi connectivity index (χ4n) is 1.53. The molecule has 0 aromatic carbocycles. The molecule has 1 rings (SSSR count). The highest BCUT2D eigenvalue weighted by Crippen LogP contribution is 2.38. The lowest BCUT2D eigenvalue weighted by atomic mass is 9.66. The summed E-state index contributed by atoms with van der Waals surface area (Å²) in [7, 11) is 1.36. The van der Waals surface area contributed by atoms with E-state index >= 15 is 0 Å². The zero-order valence-corrected chi connectivity index (χ0v) is 7.41. The molecule has 1 fully saturated rings. The predicted octanol–water partition coefficient (Wildman–Crippen LogP) is -0.352. The second-order valence-electron chi connectivity index (χ2n) is 3.54. The molecule has 1 unspecified atom stereocenters. The first kappa shape index (κ1) is 9.48. The molecule has 1 saturated carbocycles. The first-order valence-electron chi connectivity index (χ1n) is 4.04. The van der Waals surface area contributed by atoms with Crippen LogP contribution in [-0.4, -0.2) is 29.8 Å². The molecule has 0 spiro atoms. The summed E-state index contributed by atoms with van der Waals surface area (Å²) in [6.45, 7) is 1.65. The lowest BCUT2D eigenvalue weighted by Crippen LogP contribution is -2.60. The summed E-state index contributed by atoms with van der Waals surface area (Å²) < 4.78 is 4.55. The van der Waals surface area contributed by atoms with E-state index in [9.17, 15) is 9.90 Å². The van der Waals surface area contributed by atoms with Gasteiger partial charge in [-0.05, 0) is 19.8 Å². The summed E-state index contributed by atoms with van der Waals surface area (Å²) in [4.78, 5) is 10.9. The van der Waals surface area contributed by atoms with Crippen LogP contribution in [0.25, 0.3) is 0 Å². The van der Waals surface area contributed by atoms with Crippen molar-refractivity contribution in [3.63, 3.8) is 0 Å². The minimum atomic E-state index is -0.571. The van der Waals surface area contributed by atoms with Crippen LogP contribution in [0.1, 0.15) is 19.8 Å². The van der Waals surface area contributed by atoms with E-state index in [4.69, 9.17) is 5.73 Å². The van der Waals surface area contributed by atoms with Crippen LogP contribution < -0.4 is 5.73 Å². The Kier molecular flexibility index (Phi) is 2.39. The molecule has 0 saturated heterocycles. The number of carbonyl (C=O) groups excluding carboxylic acids is 1. The highest BCUT2D eigenvalue weighted by Gasteiger charge is 2.48. The predicted molar refractivity (Wildman–Crippen MR) is 43.3 cm³/mol. The first-order chi connectivity index (χ1) is 5.49. The third-order valence-corrected chi connectivity index (χ3v) is 2.62. The highest BCUT2D eigenvalue weighted by atomic mass is 16.5. The van der Waals surface area contributed by atoms with Crippen molar-refractivity contribution in [2.45, 2.75) is 31.4 Å². The second-order valence-corrected chi connectivity index (χ2v) is 3.54. The number of ether oxygens (including phenoxy) is 1. The number of methoxy groups -OCH3 is 1. The fraction of sp³-hybridized carbons (Fsp3) is 0.875. The summed E-state index contributed by atoms with van der Waals surface area (Å²) >= 11 is 0. The quantitative estimate of drug-likeness (QED) is 0.560. The topological polar surface area (TPSA) is 72.5 Å². The number of rotatable bonds is 2. The smallest absolute Gasteiger partial charge is 0.308 e. The molecule has 0 bridgehead atoms. The van der Waals surface area contributed by atoms with Gasteiger partial charge in [-0.3, -0.25) is 4.79 Å². The van der Waals surface area contributed by atoms with Crippen LogP contribution in [0.3, 0.4) is 0 Å². The SMILES string of the molecule is COC(=O)C1CC(N)(C(C)O)C1. The number of aliphatic hydroxyl groups is 1. The van der Waals surface area contributed by atoms with Gasteiger partial charge >= 0.3 is 5.97 Å². The summed E-state index contributed by atoms with van der Waals surface area (Å²) in [6.07, 6.45) is 0.493. The third-order valence-electron chi connectivity index (χ3n) is 2.62. The molecule has 0 aliphatic heterocycles. The maximum atomic E-state index is 10.9. The zero-order chi connectivity index (χ0) is 9.35. The van der Waals surface area contributed by atoms with Gasteiger partial charge in [0.05, 0.1) is 19.1 Å². The van der Waals surface area contributed by atoms with Crippen molar-refractivity contribution >= 4 is 5.97 Å². The minimum absolute atomic E-state index is 0.116. The van der Waals surface area contributed by atoms with Crippen LogP contribution in [0, 0.1) is 5.92 Å².